The summed E-state index contributed by atoms with van der Waals surface area (Å²) in [6, 6.07) is 0. The molecule has 3 heteroatoms. The number of thiol groups is 1. The molecule has 0 aliphatic carbocycles. The first-order valence-electron chi connectivity index (χ1n) is 2.52. The van der Waals surface area contributed by atoms with E-state index in [-0.39, 0.29) is 0 Å². The van der Waals surface area contributed by atoms with E-state index in [0.717, 1.165) is 0 Å². The first-order valence-corrected chi connectivity index (χ1v) is 3.16. The predicted molar refractivity (Wildman–Crippen MR) is 39.3 cm³/mol. The molecule has 0 amide bonds. The van der Waals surface area contributed by atoms with Crippen LogP contribution in [0.3, 0.4) is 0 Å². The molecule has 0 unspecified atom stereocenters. The van der Waals surface area contributed by atoms with Crippen LogP contribution in [0.15, 0.2) is 12.4 Å². The molecule has 46 valence electrons. The lowest BCUT2D eigenvalue weighted by atomic mass is 10.6. The van der Waals surface area contributed by atoms with Crippen LogP contribution in [0.4, 0.5) is 0 Å². The SMILES string of the molecule is SCC#Cc1ncc[nH]1. The van der Waals surface area contributed by atoms with Crippen molar-refractivity contribution in [2.45, 2.75) is 0 Å². The quantitative estimate of drug-likeness (QED) is 0.401. The smallest absolute Gasteiger partial charge is 0.182 e. The highest BCUT2D eigenvalue weighted by Gasteiger charge is 1.81. The Morgan fingerprint density at radius 2 is 2.67 bits per heavy atom. The number of nitrogens with one attached hydrogen (secondary N) is 1. The van der Waals surface area contributed by atoms with Gasteiger partial charge in [0.05, 0.1) is 5.75 Å². The minimum Gasteiger partial charge on any atom is -0.338 e. The lowest BCUT2D eigenvalue weighted by Gasteiger charge is -1.73. The van der Waals surface area contributed by atoms with Crippen LogP contribution in [-0.2, 0) is 0 Å². The van der Waals surface area contributed by atoms with Gasteiger partial charge in [-0.25, -0.2) is 4.98 Å². The van der Waals surface area contributed by atoms with Crippen LogP contribution in [0.2, 0.25) is 0 Å². The molecule has 0 saturated heterocycles. The Kier molecular flexibility index (Phi) is 2.22. The van der Waals surface area contributed by atoms with E-state index in [1.165, 1.54) is 0 Å². The van der Waals surface area contributed by atoms with Crippen LogP contribution in [0, 0.1) is 11.8 Å². The van der Waals surface area contributed by atoms with Crippen LogP contribution in [0.5, 0.6) is 0 Å². The second-order valence-electron chi connectivity index (χ2n) is 1.40. The van der Waals surface area contributed by atoms with Gasteiger partial charge in [-0.05, 0) is 5.92 Å². The molecular weight excluding hydrogens is 132 g/mol. The van der Waals surface area contributed by atoms with Gasteiger partial charge < -0.3 is 4.98 Å². The molecule has 0 aliphatic heterocycles. The summed E-state index contributed by atoms with van der Waals surface area (Å²) < 4.78 is 0. The first kappa shape index (κ1) is 6.24. The third kappa shape index (κ3) is 1.82. The summed E-state index contributed by atoms with van der Waals surface area (Å²) in [6.07, 6.45) is 3.41. The Labute approximate surface area is 59.1 Å². The number of imidazole rings is 1. The molecule has 1 aromatic rings. The molecule has 1 rings (SSSR count). The average Bonchev–Trinajstić information content (AvgIpc) is 2.34. The molecule has 0 saturated carbocycles. The van der Waals surface area contributed by atoms with Gasteiger partial charge in [-0.15, -0.1) is 0 Å². The Bertz CT molecular complexity index is 217. The van der Waals surface area contributed by atoms with Gasteiger partial charge in [0.1, 0.15) is 0 Å². The Morgan fingerprint density at radius 3 is 3.22 bits per heavy atom. The van der Waals surface area contributed by atoms with Crippen molar-refractivity contribution in [1.82, 2.24) is 9.97 Å². The third-order valence-electron chi connectivity index (χ3n) is 0.784. The molecule has 1 aromatic heterocycles. The van der Waals surface area contributed by atoms with E-state index >= 15 is 0 Å². The van der Waals surface area contributed by atoms with Crippen molar-refractivity contribution in [3.63, 3.8) is 0 Å². The highest BCUT2D eigenvalue weighted by Crippen LogP contribution is 1.82. The maximum absolute atomic E-state index is 3.92. The molecule has 0 fully saturated rings. The van der Waals surface area contributed by atoms with Crippen LogP contribution >= 0.6 is 12.6 Å². The van der Waals surface area contributed by atoms with E-state index < -0.39 is 0 Å². The Morgan fingerprint density at radius 1 is 1.78 bits per heavy atom. The monoisotopic (exact) mass is 138 g/mol. The Hall–Kier alpha value is -0.880. The van der Waals surface area contributed by atoms with E-state index in [0.29, 0.717) is 11.6 Å². The molecule has 0 atom stereocenters. The normalized spacial score (nSPS) is 8.11. The van der Waals surface area contributed by atoms with Crippen molar-refractivity contribution in [2.75, 3.05) is 5.75 Å². The second-order valence-corrected chi connectivity index (χ2v) is 1.71. The second kappa shape index (κ2) is 3.21. The fourth-order valence-electron chi connectivity index (χ4n) is 0.457. The fourth-order valence-corrected chi connectivity index (χ4v) is 0.536. The number of rotatable bonds is 0. The van der Waals surface area contributed by atoms with E-state index in [1.54, 1.807) is 12.4 Å². The standard InChI is InChI=1S/C6H6N2S/c9-5-1-2-6-7-3-4-8-6/h3-4,9H,5H2,(H,7,8). The fraction of sp³-hybridized carbons (Fsp3) is 0.167. The Balaban J connectivity index is 2.67. The molecular formula is C6H6N2S. The summed E-state index contributed by atoms with van der Waals surface area (Å²) in [5.74, 6) is 6.82. The summed E-state index contributed by atoms with van der Waals surface area (Å²) in [4.78, 5) is 6.74. The topological polar surface area (TPSA) is 28.7 Å². The number of hydrogen-bond acceptors (Lipinski definition) is 2. The van der Waals surface area contributed by atoms with E-state index in [1.807, 2.05) is 0 Å². The maximum Gasteiger partial charge on any atom is 0.182 e. The highest BCUT2D eigenvalue weighted by molar-refractivity contribution is 7.80. The van der Waals surface area contributed by atoms with Crippen LogP contribution in [0.25, 0.3) is 0 Å². The van der Waals surface area contributed by atoms with E-state index in [2.05, 4.69) is 34.4 Å². The van der Waals surface area contributed by atoms with Gasteiger partial charge in [-0.2, -0.15) is 12.6 Å². The van der Waals surface area contributed by atoms with Crippen LogP contribution < -0.4 is 0 Å². The zero-order valence-corrected chi connectivity index (χ0v) is 5.65. The number of hydrogen-bond donors (Lipinski definition) is 2. The molecule has 0 spiro atoms. The van der Waals surface area contributed by atoms with Crippen molar-refractivity contribution in [3.8, 4) is 11.8 Å². The van der Waals surface area contributed by atoms with Crippen molar-refractivity contribution < 1.29 is 0 Å². The van der Waals surface area contributed by atoms with Gasteiger partial charge in [-0.1, -0.05) is 5.92 Å². The van der Waals surface area contributed by atoms with Gasteiger partial charge in [0.15, 0.2) is 5.82 Å². The van der Waals surface area contributed by atoms with Crippen molar-refractivity contribution >= 4 is 12.6 Å². The largest absolute Gasteiger partial charge is 0.338 e. The molecule has 2 nitrogen and oxygen atoms in total. The van der Waals surface area contributed by atoms with E-state index in [4.69, 9.17) is 0 Å². The molecule has 9 heavy (non-hydrogen) atoms. The summed E-state index contributed by atoms with van der Waals surface area (Å²) in [6.45, 7) is 0. The van der Waals surface area contributed by atoms with Crippen molar-refractivity contribution in [1.29, 1.82) is 0 Å². The molecule has 0 bridgehead atoms. The van der Waals surface area contributed by atoms with Crippen molar-refractivity contribution in [2.24, 2.45) is 0 Å². The third-order valence-corrected chi connectivity index (χ3v) is 0.942. The van der Waals surface area contributed by atoms with Gasteiger partial charge in [-0.3, -0.25) is 0 Å². The number of aromatic amines is 1. The zero-order chi connectivity index (χ0) is 6.53. The molecule has 1 heterocycles. The van der Waals surface area contributed by atoms with Crippen molar-refractivity contribution in [3.05, 3.63) is 18.2 Å². The van der Waals surface area contributed by atoms with Gasteiger partial charge >= 0.3 is 0 Å². The lowest BCUT2D eigenvalue weighted by Crippen LogP contribution is -1.74. The summed E-state index contributed by atoms with van der Waals surface area (Å²) in [5.41, 5.74) is 0. The molecule has 0 radical (unpaired) electrons. The molecule has 1 N–H and O–H groups in total. The van der Waals surface area contributed by atoms with Gasteiger partial charge in [0, 0.05) is 12.4 Å². The zero-order valence-electron chi connectivity index (χ0n) is 4.76. The van der Waals surface area contributed by atoms with Crippen LogP contribution in [-0.4, -0.2) is 15.7 Å². The summed E-state index contributed by atoms with van der Waals surface area (Å²) >= 11 is 3.92. The summed E-state index contributed by atoms with van der Waals surface area (Å²) in [7, 11) is 0. The summed E-state index contributed by atoms with van der Waals surface area (Å²) in [5, 5.41) is 0. The minimum atomic E-state index is 0.570. The average molecular weight is 138 g/mol. The molecule has 0 aliphatic rings. The maximum atomic E-state index is 3.92. The minimum absolute atomic E-state index is 0.570. The number of aromatic nitrogens is 2. The van der Waals surface area contributed by atoms with E-state index in [9.17, 15) is 0 Å². The number of nitrogens with zero attached hydrogens (tertiary/aromatic N) is 1. The highest BCUT2D eigenvalue weighted by atomic mass is 32.1. The van der Waals surface area contributed by atoms with Crippen LogP contribution in [0.1, 0.15) is 5.82 Å². The predicted octanol–water partition coefficient (Wildman–Crippen LogP) is 0.691. The number of H-pyrrole nitrogens is 1. The first-order chi connectivity index (χ1) is 4.43. The van der Waals surface area contributed by atoms with Gasteiger partial charge in [0.2, 0.25) is 0 Å². The molecule has 0 aromatic carbocycles. The van der Waals surface area contributed by atoms with Gasteiger partial charge in [0.25, 0.3) is 0 Å². The lowest BCUT2D eigenvalue weighted by molar-refractivity contribution is 1.25.